The zero-order valence-corrected chi connectivity index (χ0v) is 21.4. The summed E-state index contributed by atoms with van der Waals surface area (Å²) in [7, 11) is 0. The third-order valence-corrected chi connectivity index (χ3v) is 4.66. The summed E-state index contributed by atoms with van der Waals surface area (Å²) >= 11 is 0. The van der Waals surface area contributed by atoms with Crippen LogP contribution in [0.1, 0.15) is 23.2 Å². The molecule has 0 fully saturated rings. The van der Waals surface area contributed by atoms with Gasteiger partial charge >= 0.3 is 0 Å². The minimum Gasteiger partial charge on any atom is -0.494 e. The van der Waals surface area contributed by atoms with Crippen LogP contribution in [-0.4, -0.2) is 50.5 Å². The Balaban J connectivity index is 0.000000551. The number of carbonyl (C=O) groups is 3. The lowest BCUT2D eigenvalue weighted by Crippen LogP contribution is -2.28. The van der Waals surface area contributed by atoms with Crippen molar-refractivity contribution in [1.29, 1.82) is 0 Å². The van der Waals surface area contributed by atoms with E-state index >= 15 is 0 Å². The molecule has 3 rings (SSSR count). The topological polar surface area (TPSA) is 210 Å². The minimum atomic E-state index is -0.339. The van der Waals surface area contributed by atoms with E-state index in [1.165, 1.54) is 6.08 Å². The number of nitrogens with two attached hydrogens (primary N) is 2. The van der Waals surface area contributed by atoms with E-state index in [1.807, 2.05) is 0 Å². The van der Waals surface area contributed by atoms with Crippen molar-refractivity contribution in [3.8, 4) is 5.75 Å². The van der Waals surface area contributed by atoms with Crippen molar-refractivity contribution < 1.29 is 19.1 Å². The van der Waals surface area contributed by atoms with Gasteiger partial charge in [0, 0.05) is 41.8 Å². The van der Waals surface area contributed by atoms with Crippen molar-refractivity contribution in [3.63, 3.8) is 0 Å². The van der Waals surface area contributed by atoms with Crippen molar-refractivity contribution in [1.82, 2.24) is 10.6 Å². The summed E-state index contributed by atoms with van der Waals surface area (Å²) in [5.74, 6) is -0.106. The molecular weight excluding hydrogens is 514 g/mol. The molecule has 0 aliphatic carbocycles. The first-order valence-electron chi connectivity index (χ1n) is 11.5. The lowest BCUT2D eigenvalue weighted by molar-refractivity contribution is -0.123. The van der Waals surface area contributed by atoms with Crippen LogP contribution in [-0.2, 0) is 9.59 Å². The number of ether oxygens (including phenoxy) is 1. The lowest BCUT2D eigenvalue weighted by Gasteiger charge is -2.04. The first kappa shape index (κ1) is 31.7. The second-order valence-corrected chi connectivity index (χ2v) is 7.47. The fourth-order valence-electron chi connectivity index (χ4n) is 2.85. The molecular formula is C24H30ClN9O4. The summed E-state index contributed by atoms with van der Waals surface area (Å²) in [6.07, 6.45) is 2.42. The van der Waals surface area contributed by atoms with E-state index in [2.05, 4.69) is 30.9 Å². The maximum absolute atomic E-state index is 11.8. The summed E-state index contributed by atoms with van der Waals surface area (Å²) in [6, 6.07) is 14.0. The fourth-order valence-corrected chi connectivity index (χ4v) is 2.85. The van der Waals surface area contributed by atoms with Crippen LogP contribution in [0.4, 0.5) is 11.4 Å². The maximum atomic E-state index is 11.8. The van der Waals surface area contributed by atoms with Crippen LogP contribution in [0.3, 0.4) is 0 Å². The van der Waals surface area contributed by atoms with Crippen molar-refractivity contribution in [2.75, 3.05) is 32.8 Å². The van der Waals surface area contributed by atoms with Gasteiger partial charge in [-0.25, -0.2) is 0 Å². The zero-order chi connectivity index (χ0) is 26.9. The van der Waals surface area contributed by atoms with Crippen molar-refractivity contribution in [2.24, 2.45) is 26.8 Å². The summed E-state index contributed by atoms with van der Waals surface area (Å²) in [5, 5.41) is 16.6. The average molecular weight is 544 g/mol. The Morgan fingerprint density at radius 2 is 1.63 bits per heavy atom. The highest BCUT2D eigenvalue weighted by molar-refractivity contribution is 6.16. The molecule has 2 aromatic rings. The molecule has 0 atom stereocenters. The molecule has 0 radical (unpaired) electrons. The molecule has 1 aliphatic rings. The van der Waals surface area contributed by atoms with Crippen molar-refractivity contribution in [3.05, 3.63) is 76.2 Å². The quantitative estimate of drug-likeness (QED) is 0.104. The van der Waals surface area contributed by atoms with E-state index in [1.54, 1.807) is 48.5 Å². The Labute approximate surface area is 225 Å². The number of azo groups is 1. The molecule has 13 nitrogen and oxygen atoms in total. The fraction of sp³-hybridized carbons (Fsp3) is 0.292. The van der Waals surface area contributed by atoms with Crippen LogP contribution in [0, 0.1) is 0 Å². The molecule has 0 bridgehead atoms. The van der Waals surface area contributed by atoms with E-state index in [4.69, 9.17) is 21.7 Å². The number of benzene rings is 2. The SMILES string of the molecule is Cl.NCCC1=CC(=O)NC1=O.[N-]=[N+]=NCCCOc1ccc(/N=N/c2ccc(C(=O)NCCN)cc2)cc1. The smallest absolute Gasteiger partial charge is 0.254 e. The molecule has 202 valence electrons. The van der Waals surface area contributed by atoms with E-state index < -0.39 is 0 Å². The first-order valence-corrected chi connectivity index (χ1v) is 11.5. The Kier molecular flexibility index (Phi) is 15.1. The molecule has 0 saturated carbocycles. The van der Waals surface area contributed by atoms with Crippen LogP contribution in [0.5, 0.6) is 5.75 Å². The van der Waals surface area contributed by atoms with Gasteiger partial charge in [0.15, 0.2) is 0 Å². The Hall–Kier alpha value is -4.29. The summed E-state index contributed by atoms with van der Waals surface area (Å²) < 4.78 is 5.53. The predicted molar refractivity (Wildman–Crippen MR) is 145 cm³/mol. The highest BCUT2D eigenvalue weighted by Gasteiger charge is 2.18. The van der Waals surface area contributed by atoms with Crippen LogP contribution >= 0.6 is 12.4 Å². The first-order chi connectivity index (χ1) is 18.0. The Morgan fingerprint density at radius 3 is 2.16 bits per heavy atom. The standard InChI is InChI=1S/C18H21N7O2.C6H8N2O2.ClH/c19-10-12-21-18(26)14-2-4-15(5-3-14)23-24-16-6-8-17(9-7-16)27-13-1-11-22-25-20;7-2-1-4-3-5(9)8-6(4)10;/h2-9H,1,10-13,19H2,(H,21,26);3H,1-2,7H2,(H,8,9,10);1H/b24-23+;;. The monoisotopic (exact) mass is 543 g/mol. The van der Waals surface area contributed by atoms with Gasteiger partial charge in [0.05, 0.1) is 18.0 Å². The third kappa shape index (κ3) is 11.6. The number of carbonyl (C=O) groups excluding carboxylic acids is 3. The number of nitrogens with one attached hydrogen (secondary N) is 2. The molecule has 14 heteroatoms. The van der Waals surface area contributed by atoms with E-state index in [0.29, 0.717) is 73.9 Å². The number of hydrogen-bond acceptors (Lipinski definition) is 9. The highest BCUT2D eigenvalue weighted by atomic mass is 35.5. The molecule has 3 amide bonds. The zero-order valence-electron chi connectivity index (χ0n) is 20.6. The molecule has 0 saturated heterocycles. The molecule has 1 heterocycles. The maximum Gasteiger partial charge on any atom is 0.254 e. The van der Waals surface area contributed by atoms with E-state index in [9.17, 15) is 14.4 Å². The van der Waals surface area contributed by atoms with Crippen LogP contribution in [0.25, 0.3) is 10.4 Å². The van der Waals surface area contributed by atoms with Gasteiger partial charge < -0.3 is 21.5 Å². The summed E-state index contributed by atoms with van der Waals surface area (Å²) in [5.41, 5.74) is 21.1. The number of amides is 3. The van der Waals surface area contributed by atoms with Gasteiger partial charge in [-0.2, -0.15) is 10.2 Å². The van der Waals surface area contributed by atoms with Gasteiger partial charge in [0.2, 0.25) is 0 Å². The van der Waals surface area contributed by atoms with Gasteiger partial charge in [-0.3, -0.25) is 19.7 Å². The van der Waals surface area contributed by atoms with Crippen molar-refractivity contribution >= 4 is 41.5 Å². The number of halogens is 1. The van der Waals surface area contributed by atoms with Gasteiger partial charge in [0.25, 0.3) is 17.7 Å². The number of hydrogen-bond donors (Lipinski definition) is 4. The van der Waals surface area contributed by atoms with Crippen LogP contribution < -0.4 is 26.8 Å². The molecule has 38 heavy (non-hydrogen) atoms. The largest absolute Gasteiger partial charge is 0.494 e. The average Bonchev–Trinajstić information content (AvgIpc) is 3.23. The summed E-state index contributed by atoms with van der Waals surface area (Å²) in [4.78, 5) is 35.7. The molecule has 0 unspecified atom stereocenters. The van der Waals surface area contributed by atoms with Gasteiger partial charge in [0.1, 0.15) is 5.75 Å². The predicted octanol–water partition coefficient (Wildman–Crippen LogP) is 3.21. The Bertz CT molecular complexity index is 1160. The van der Waals surface area contributed by atoms with E-state index in [0.717, 1.165) is 0 Å². The highest BCUT2D eigenvalue weighted by Crippen LogP contribution is 2.21. The minimum absolute atomic E-state index is 0. The number of azide groups is 1. The third-order valence-electron chi connectivity index (χ3n) is 4.66. The molecule has 0 aromatic heterocycles. The van der Waals surface area contributed by atoms with Crippen molar-refractivity contribution in [2.45, 2.75) is 12.8 Å². The molecule has 0 spiro atoms. The summed E-state index contributed by atoms with van der Waals surface area (Å²) in [6.45, 7) is 2.12. The second kappa shape index (κ2) is 18.0. The lowest BCUT2D eigenvalue weighted by atomic mass is 10.2. The van der Waals surface area contributed by atoms with Gasteiger partial charge in [-0.05, 0) is 73.4 Å². The second-order valence-electron chi connectivity index (χ2n) is 7.47. The van der Waals surface area contributed by atoms with Crippen LogP contribution in [0.15, 0.2) is 75.5 Å². The number of nitrogens with zero attached hydrogens (tertiary/aromatic N) is 5. The van der Waals surface area contributed by atoms with E-state index in [-0.39, 0.29) is 30.1 Å². The molecule has 2 aromatic carbocycles. The van der Waals surface area contributed by atoms with Gasteiger partial charge in [-0.15, -0.1) is 12.4 Å². The Morgan fingerprint density at radius 1 is 1.00 bits per heavy atom. The van der Waals surface area contributed by atoms with Gasteiger partial charge in [-0.1, -0.05) is 5.11 Å². The normalized spacial score (nSPS) is 11.9. The molecule has 1 aliphatic heterocycles. The number of rotatable bonds is 12. The van der Waals surface area contributed by atoms with Crippen LogP contribution in [0.2, 0.25) is 0 Å². The molecule has 6 N–H and O–H groups in total. The number of imide groups is 1.